The van der Waals surface area contributed by atoms with Gasteiger partial charge in [-0.25, -0.2) is 4.98 Å². The molecule has 1 aromatic heterocycles. The average molecular weight is 307 g/mol. The highest BCUT2D eigenvalue weighted by Gasteiger charge is 2.13. The molecule has 21 heavy (non-hydrogen) atoms. The van der Waals surface area contributed by atoms with Crippen LogP contribution in [0.5, 0.6) is 0 Å². The molecule has 0 unspecified atom stereocenters. The van der Waals surface area contributed by atoms with E-state index in [2.05, 4.69) is 11.1 Å². The van der Waals surface area contributed by atoms with E-state index in [1.807, 2.05) is 25.1 Å². The largest absolute Gasteiger partial charge is 0.383 e. The minimum absolute atomic E-state index is 0.00699. The molecule has 1 amide bonds. The van der Waals surface area contributed by atoms with Gasteiger partial charge in [0.2, 0.25) is 5.91 Å². The van der Waals surface area contributed by atoms with E-state index in [-0.39, 0.29) is 5.91 Å². The summed E-state index contributed by atoms with van der Waals surface area (Å²) in [6.07, 6.45) is 0. The second-order valence-electron chi connectivity index (χ2n) is 5.07. The summed E-state index contributed by atoms with van der Waals surface area (Å²) < 4.78 is 5.03. The lowest BCUT2D eigenvalue weighted by molar-refractivity contribution is -0.130. The minimum atomic E-state index is -0.00699. The smallest absolute Gasteiger partial charge is 0.219 e. The van der Waals surface area contributed by atoms with E-state index in [9.17, 15) is 4.79 Å². The van der Waals surface area contributed by atoms with Crippen molar-refractivity contribution < 1.29 is 9.53 Å². The predicted octanol–water partition coefficient (Wildman–Crippen LogP) is 3.19. The lowest BCUT2D eigenvalue weighted by atomic mass is 10.1. The van der Waals surface area contributed by atoms with Crippen molar-refractivity contribution in [2.24, 2.45) is 0 Å². The molecule has 1 heterocycles. The lowest BCUT2D eigenvalue weighted by Gasteiger charge is -2.21. The number of nitrogens with zero attached hydrogens (tertiary/aromatic N) is 2. The van der Waals surface area contributed by atoms with Crippen molar-refractivity contribution in [1.29, 1.82) is 0 Å². The van der Waals surface area contributed by atoms with Gasteiger partial charge in [-0.2, -0.15) is 0 Å². The number of fused-ring (bicyclic) bond motifs is 1. The fourth-order valence-electron chi connectivity index (χ4n) is 2.18. The van der Waals surface area contributed by atoms with Gasteiger partial charge >= 0.3 is 0 Å². The summed E-state index contributed by atoms with van der Waals surface area (Å²) in [7, 11) is 1.62. The standard InChI is InChI=1S/C16H19ClN2O2/c1-11-4-5-15-13(8-11)9-14(16(17)18-15)10-19(12(2)20)6-7-21-3/h4-5,8-9H,6-7,10H2,1-3H3. The molecule has 0 radical (unpaired) electrons. The number of aromatic nitrogens is 1. The normalized spacial score (nSPS) is 10.9. The van der Waals surface area contributed by atoms with Crippen LogP contribution in [0.2, 0.25) is 5.15 Å². The van der Waals surface area contributed by atoms with Gasteiger partial charge in [0.05, 0.1) is 12.1 Å². The minimum Gasteiger partial charge on any atom is -0.383 e. The Labute approximate surface area is 129 Å². The number of pyridine rings is 1. The molecule has 4 nitrogen and oxygen atoms in total. The number of carbonyl (C=O) groups is 1. The van der Waals surface area contributed by atoms with Crippen LogP contribution in [0.3, 0.4) is 0 Å². The summed E-state index contributed by atoms with van der Waals surface area (Å²) in [4.78, 5) is 17.8. The van der Waals surface area contributed by atoms with Crippen LogP contribution in [0.15, 0.2) is 24.3 Å². The van der Waals surface area contributed by atoms with Crippen molar-refractivity contribution in [2.45, 2.75) is 20.4 Å². The Morgan fingerprint density at radius 3 is 2.81 bits per heavy atom. The van der Waals surface area contributed by atoms with Gasteiger partial charge in [0.25, 0.3) is 0 Å². The summed E-state index contributed by atoms with van der Waals surface area (Å²) >= 11 is 6.25. The zero-order chi connectivity index (χ0) is 15.4. The van der Waals surface area contributed by atoms with Crippen molar-refractivity contribution >= 4 is 28.4 Å². The van der Waals surface area contributed by atoms with Crippen LogP contribution < -0.4 is 0 Å². The first kappa shape index (κ1) is 15.7. The molecular weight excluding hydrogens is 288 g/mol. The Morgan fingerprint density at radius 1 is 1.38 bits per heavy atom. The van der Waals surface area contributed by atoms with E-state index in [0.717, 1.165) is 16.5 Å². The number of methoxy groups -OCH3 is 1. The SMILES string of the molecule is COCCN(Cc1cc2cc(C)ccc2nc1Cl)C(C)=O. The van der Waals surface area contributed by atoms with Crippen LogP contribution in [0.25, 0.3) is 10.9 Å². The van der Waals surface area contributed by atoms with Crippen molar-refractivity contribution in [3.63, 3.8) is 0 Å². The van der Waals surface area contributed by atoms with Crippen molar-refractivity contribution in [3.8, 4) is 0 Å². The number of halogens is 1. The molecule has 0 spiro atoms. The molecule has 1 aromatic carbocycles. The second-order valence-corrected chi connectivity index (χ2v) is 5.43. The summed E-state index contributed by atoms with van der Waals surface area (Å²) in [5, 5.41) is 1.47. The van der Waals surface area contributed by atoms with Crippen LogP contribution in [-0.2, 0) is 16.1 Å². The van der Waals surface area contributed by atoms with Crippen molar-refractivity contribution in [1.82, 2.24) is 9.88 Å². The van der Waals surface area contributed by atoms with Gasteiger partial charge in [-0.15, -0.1) is 0 Å². The Hall–Kier alpha value is -1.65. The van der Waals surface area contributed by atoms with Gasteiger partial charge in [-0.05, 0) is 25.1 Å². The van der Waals surface area contributed by atoms with Gasteiger partial charge in [-0.1, -0.05) is 23.2 Å². The predicted molar refractivity (Wildman–Crippen MR) is 84.5 cm³/mol. The van der Waals surface area contributed by atoms with Crippen molar-refractivity contribution in [2.75, 3.05) is 20.3 Å². The molecule has 0 saturated carbocycles. The first-order valence-electron chi connectivity index (χ1n) is 6.81. The topological polar surface area (TPSA) is 42.4 Å². The van der Waals surface area contributed by atoms with E-state index in [4.69, 9.17) is 16.3 Å². The maximum absolute atomic E-state index is 11.7. The first-order valence-corrected chi connectivity index (χ1v) is 7.19. The highest BCUT2D eigenvalue weighted by Crippen LogP contribution is 2.22. The Morgan fingerprint density at radius 2 is 2.14 bits per heavy atom. The molecule has 5 heteroatoms. The molecule has 0 N–H and O–H groups in total. The van der Waals surface area contributed by atoms with Crippen LogP contribution in [0, 0.1) is 6.92 Å². The molecule has 0 fully saturated rings. The highest BCUT2D eigenvalue weighted by atomic mass is 35.5. The molecule has 0 aliphatic carbocycles. The van der Waals surface area contributed by atoms with Crippen LogP contribution in [-0.4, -0.2) is 36.1 Å². The highest BCUT2D eigenvalue weighted by molar-refractivity contribution is 6.30. The molecule has 2 rings (SSSR count). The number of benzene rings is 1. The van der Waals surface area contributed by atoms with E-state index < -0.39 is 0 Å². The van der Waals surface area contributed by atoms with Crippen LogP contribution in [0.4, 0.5) is 0 Å². The molecule has 0 aliphatic rings. The Bertz CT molecular complexity index is 658. The molecule has 0 aliphatic heterocycles. The van der Waals surface area contributed by atoms with Gasteiger partial charge < -0.3 is 9.64 Å². The summed E-state index contributed by atoms with van der Waals surface area (Å²) in [5.41, 5.74) is 2.88. The zero-order valence-corrected chi connectivity index (χ0v) is 13.3. The first-order chi connectivity index (χ1) is 10.0. The Balaban J connectivity index is 2.31. The molecule has 0 bridgehead atoms. The van der Waals surface area contributed by atoms with E-state index in [1.165, 1.54) is 5.56 Å². The fourth-order valence-corrected chi connectivity index (χ4v) is 2.39. The third-order valence-electron chi connectivity index (χ3n) is 3.37. The van der Waals surface area contributed by atoms with Crippen LogP contribution in [0.1, 0.15) is 18.1 Å². The number of aryl methyl sites for hydroxylation is 1. The number of carbonyl (C=O) groups excluding carboxylic acids is 1. The summed E-state index contributed by atoms with van der Waals surface area (Å²) in [6, 6.07) is 8.02. The Kier molecular flexibility index (Phi) is 5.15. The number of amides is 1. The maximum atomic E-state index is 11.7. The maximum Gasteiger partial charge on any atom is 0.219 e. The number of hydrogen-bond acceptors (Lipinski definition) is 3. The monoisotopic (exact) mass is 306 g/mol. The number of ether oxygens (including phenoxy) is 1. The zero-order valence-electron chi connectivity index (χ0n) is 12.5. The number of hydrogen-bond donors (Lipinski definition) is 0. The molecule has 112 valence electrons. The van der Waals surface area contributed by atoms with Gasteiger partial charge in [-0.3, -0.25) is 4.79 Å². The van der Waals surface area contributed by atoms with Gasteiger partial charge in [0, 0.05) is 38.1 Å². The van der Waals surface area contributed by atoms with Crippen LogP contribution >= 0.6 is 11.6 Å². The second kappa shape index (κ2) is 6.87. The summed E-state index contributed by atoms with van der Waals surface area (Å²) in [6.45, 7) is 5.05. The molecule has 0 atom stereocenters. The molecular formula is C16H19ClN2O2. The molecule has 0 saturated heterocycles. The van der Waals surface area contributed by atoms with Gasteiger partial charge in [0.15, 0.2) is 0 Å². The molecule has 2 aromatic rings. The quantitative estimate of drug-likeness (QED) is 0.797. The van der Waals surface area contributed by atoms with E-state index in [0.29, 0.717) is 24.8 Å². The van der Waals surface area contributed by atoms with Gasteiger partial charge in [0.1, 0.15) is 5.15 Å². The fraction of sp³-hybridized carbons (Fsp3) is 0.375. The lowest BCUT2D eigenvalue weighted by Crippen LogP contribution is -2.31. The van der Waals surface area contributed by atoms with E-state index in [1.54, 1.807) is 18.9 Å². The van der Waals surface area contributed by atoms with Crippen molar-refractivity contribution in [3.05, 3.63) is 40.5 Å². The van der Waals surface area contributed by atoms with E-state index >= 15 is 0 Å². The number of rotatable bonds is 5. The summed E-state index contributed by atoms with van der Waals surface area (Å²) in [5.74, 6) is -0.00699. The third kappa shape index (κ3) is 3.93. The third-order valence-corrected chi connectivity index (χ3v) is 3.70. The average Bonchev–Trinajstić information content (AvgIpc) is 2.44.